The van der Waals surface area contributed by atoms with Gasteiger partial charge in [-0.2, -0.15) is 4.68 Å². The first-order valence-electron chi connectivity index (χ1n) is 6.29. The summed E-state index contributed by atoms with van der Waals surface area (Å²) in [6.07, 6.45) is 1.41. The van der Waals surface area contributed by atoms with Gasteiger partial charge in [0.25, 0.3) is 5.89 Å². The average molecular weight is 303 g/mol. The summed E-state index contributed by atoms with van der Waals surface area (Å²) in [7, 11) is 0. The number of furan rings is 1. The van der Waals surface area contributed by atoms with Crippen LogP contribution in [0.1, 0.15) is 0 Å². The van der Waals surface area contributed by atoms with Gasteiger partial charge in [0, 0.05) is 5.69 Å². The van der Waals surface area contributed by atoms with E-state index in [2.05, 4.69) is 10.4 Å². The summed E-state index contributed by atoms with van der Waals surface area (Å²) in [4.78, 5) is 23.5. The van der Waals surface area contributed by atoms with Gasteiger partial charge in [0.05, 0.1) is 6.26 Å². The summed E-state index contributed by atoms with van der Waals surface area (Å²) in [5, 5.41) is 6.39. The molecule has 3 rings (SSSR count). The standard InChI is InChI=1S/C14H10FN3O4/c15-9-3-5-10(6-4-9)16-12(19)8-18-14(20)22-13(17-18)11-2-1-7-21-11/h1-7H,8H2,(H,16,19). The van der Waals surface area contributed by atoms with E-state index in [0.717, 1.165) is 4.68 Å². The summed E-state index contributed by atoms with van der Waals surface area (Å²) >= 11 is 0. The molecule has 1 amide bonds. The Morgan fingerprint density at radius 3 is 2.73 bits per heavy atom. The van der Waals surface area contributed by atoms with Crippen LogP contribution in [0.15, 0.2) is 56.3 Å². The molecule has 1 aromatic carbocycles. The number of nitrogens with one attached hydrogen (secondary N) is 1. The minimum absolute atomic E-state index is 0.00965. The maximum atomic E-state index is 12.8. The number of halogens is 1. The fraction of sp³-hybridized carbons (Fsp3) is 0.0714. The lowest BCUT2D eigenvalue weighted by Crippen LogP contribution is -2.25. The molecule has 0 atom stereocenters. The average Bonchev–Trinajstić information content (AvgIpc) is 3.12. The highest BCUT2D eigenvalue weighted by Gasteiger charge is 2.14. The predicted molar refractivity (Wildman–Crippen MR) is 73.5 cm³/mol. The first kappa shape index (κ1) is 13.8. The van der Waals surface area contributed by atoms with Gasteiger partial charge < -0.3 is 14.2 Å². The van der Waals surface area contributed by atoms with Crippen LogP contribution in [0.3, 0.4) is 0 Å². The number of hydrogen-bond acceptors (Lipinski definition) is 5. The maximum Gasteiger partial charge on any atom is 0.437 e. The van der Waals surface area contributed by atoms with Gasteiger partial charge in [0.1, 0.15) is 12.4 Å². The van der Waals surface area contributed by atoms with Crippen LogP contribution in [0.2, 0.25) is 0 Å². The van der Waals surface area contributed by atoms with E-state index in [9.17, 15) is 14.0 Å². The number of rotatable bonds is 4. The number of benzene rings is 1. The van der Waals surface area contributed by atoms with E-state index in [1.54, 1.807) is 12.1 Å². The predicted octanol–water partition coefficient (Wildman–Crippen LogP) is 1.87. The molecule has 0 aliphatic heterocycles. The highest BCUT2D eigenvalue weighted by atomic mass is 19.1. The number of aromatic nitrogens is 2. The SMILES string of the molecule is O=C(Cn1nc(-c2ccco2)oc1=O)Nc1ccc(F)cc1. The van der Waals surface area contributed by atoms with Crippen LogP contribution in [0.4, 0.5) is 10.1 Å². The molecule has 0 spiro atoms. The number of amides is 1. The highest BCUT2D eigenvalue weighted by molar-refractivity contribution is 5.90. The molecule has 2 aromatic heterocycles. The molecule has 0 aliphatic carbocycles. The summed E-state index contributed by atoms with van der Waals surface area (Å²) in [5.74, 6) is -1.40. The third-order valence-electron chi connectivity index (χ3n) is 2.76. The second-order valence-corrected chi connectivity index (χ2v) is 4.36. The van der Waals surface area contributed by atoms with Crippen molar-refractivity contribution < 1.29 is 18.0 Å². The monoisotopic (exact) mass is 303 g/mol. The fourth-order valence-electron chi connectivity index (χ4n) is 1.78. The Kier molecular flexibility index (Phi) is 3.57. The van der Waals surface area contributed by atoms with Crippen molar-refractivity contribution in [2.24, 2.45) is 0 Å². The molecule has 0 radical (unpaired) electrons. The molecule has 22 heavy (non-hydrogen) atoms. The lowest BCUT2D eigenvalue weighted by atomic mass is 10.3. The molecule has 0 bridgehead atoms. The van der Waals surface area contributed by atoms with Crippen LogP contribution in [0.25, 0.3) is 11.7 Å². The van der Waals surface area contributed by atoms with Crippen molar-refractivity contribution in [1.29, 1.82) is 0 Å². The van der Waals surface area contributed by atoms with Crippen LogP contribution in [0.5, 0.6) is 0 Å². The van der Waals surface area contributed by atoms with Crippen LogP contribution in [-0.4, -0.2) is 15.7 Å². The smallest absolute Gasteiger partial charge is 0.437 e. The maximum absolute atomic E-state index is 12.8. The Bertz CT molecular complexity index is 834. The second kappa shape index (κ2) is 5.68. The number of hydrogen-bond donors (Lipinski definition) is 1. The molecular formula is C14H10FN3O4. The van der Waals surface area contributed by atoms with E-state index in [-0.39, 0.29) is 18.2 Å². The third-order valence-corrected chi connectivity index (χ3v) is 2.76. The molecule has 0 saturated heterocycles. The molecule has 7 nitrogen and oxygen atoms in total. The summed E-state index contributed by atoms with van der Waals surface area (Å²) in [5.41, 5.74) is 0.411. The molecule has 1 N–H and O–H groups in total. The number of nitrogens with zero attached hydrogens (tertiary/aromatic N) is 2. The van der Waals surface area contributed by atoms with Gasteiger partial charge in [0.15, 0.2) is 5.76 Å². The Hall–Kier alpha value is -3.16. The van der Waals surface area contributed by atoms with Gasteiger partial charge in [-0.25, -0.2) is 9.18 Å². The number of carbonyl (C=O) groups is 1. The van der Waals surface area contributed by atoms with Gasteiger partial charge >= 0.3 is 5.76 Å². The van der Waals surface area contributed by atoms with Crippen molar-refractivity contribution in [3.8, 4) is 11.7 Å². The molecule has 112 valence electrons. The largest absolute Gasteiger partial charge is 0.459 e. The lowest BCUT2D eigenvalue weighted by Gasteiger charge is -2.03. The van der Waals surface area contributed by atoms with Crippen LogP contribution in [-0.2, 0) is 11.3 Å². The minimum Gasteiger partial charge on any atom is -0.459 e. The first-order chi connectivity index (χ1) is 10.6. The third kappa shape index (κ3) is 2.95. The molecule has 2 heterocycles. The first-order valence-corrected chi connectivity index (χ1v) is 6.29. The second-order valence-electron chi connectivity index (χ2n) is 4.36. The van der Waals surface area contributed by atoms with Gasteiger partial charge in [-0.1, -0.05) is 0 Å². The Morgan fingerprint density at radius 1 is 1.27 bits per heavy atom. The minimum atomic E-state index is -0.777. The lowest BCUT2D eigenvalue weighted by molar-refractivity contribution is -0.117. The van der Waals surface area contributed by atoms with Crippen molar-refractivity contribution in [2.75, 3.05) is 5.32 Å². The zero-order chi connectivity index (χ0) is 15.5. The molecule has 0 fully saturated rings. The summed E-state index contributed by atoms with van der Waals surface area (Å²) in [6, 6.07) is 8.45. The van der Waals surface area contributed by atoms with Crippen molar-refractivity contribution in [2.45, 2.75) is 6.54 Å². The fourth-order valence-corrected chi connectivity index (χ4v) is 1.78. The molecule has 0 saturated carbocycles. The molecule has 3 aromatic rings. The summed E-state index contributed by atoms with van der Waals surface area (Å²) < 4.78 is 23.6. The Morgan fingerprint density at radius 2 is 2.05 bits per heavy atom. The van der Waals surface area contributed by atoms with E-state index in [4.69, 9.17) is 8.83 Å². The zero-order valence-electron chi connectivity index (χ0n) is 11.2. The van der Waals surface area contributed by atoms with Gasteiger partial charge in [0.2, 0.25) is 5.91 Å². The molecular weight excluding hydrogens is 293 g/mol. The van der Waals surface area contributed by atoms with E-state index < -0.39 is 17.5 Å². The Balaban J connectivity index is 1.71. The van der Waals surface area contributed by atoms with E-state index >= 15 is 0 Å². The van der Waals surface area contributed by atoms with Crippen molar-refractivity contribution >= 4 is 11.6 Å². The van der Waals surface area contributed by atoms with Gasteiger partial charge in [-0.05, 0) is 36.4 Å². The Labute approximate surface area is 123 Å². The quantitative estimate of drug-likeness (QED) is 0.794. The molecule has 0 aliphatic rings. The molecule has 0 unspecified atom stereocenters. The van der Waals surface area contributed by atoms with Crippen LogP contribution >= 0.6 is 0 Å². The number of anilines is 1. The normalized spacial score (nSPS) is 10.6. The van der Waals surface area contributed by atoms with Crippen molar-refractivity contribution in [3.63, 3.8) is 0 Å². The highest BCUT2D eigenvalue weighted by Crippen LogP contribution is 2.15. The van der Waals surface area contributed by atoms with Gasteiger partial charge in [-0.3, -0.25) is 4.79 Å². The van der Waals surface area contributed by atoms with E-state index in [1.807, 2.05) is 0 Å². The van der Waals surface area contributed by atoms with E-state index in [1.165, 1.54) is 30.5 Å². The van der Waals surface area contributed by atoms with Crippen molar-refractivity contribution in [1.82, 2.24) is 9.78 Å². The van der Waals surface area contributed by atoms with E-state index in [0.29, 0.717) is 5.69 Å². The van der Waals surface area contributed by atoms with Crippen LogP contribution in [0, 0.1) is 5.82 Å². The van der Waals surface area contributed by atoms with Crippen LogP contribution < -0.4 is 11.1 Å². The zero-order valence-corrected chi connectivity index (χ0v) is 11.2. The van der Waals surface area contributed by atoms with Gasteiger partial charge in [-0.15, -0.1) is 5.10 Å². The molecule has 8 heteroatoms. The number of carbonyl (C=O) groups excluding carboxylic acids is 1. The topological polar surface area (TPSA) is 90.3 Å². The summed E-state index contributed by atoms with van der Waals surface area (Å²) in [6.45, 7) is -0.333. The van der Waals surface area contributed by atoms with Crippen molar-refractivity contribution in [3.05, 3.63) is 59.0 Å².